The van der Waals surface area contributed by atoms with Gasteiger partial charge in [-0.3, -0.25) is 0 Å². The van der Waals surface area contributed by atoms with Gasteiger partial charge in [0.25, 0.3) is 0 Å². The third-order valence-electron chi connectivity index (χ3n) is 7.79. The normalized spacial score (nSPS) is 17.9. The third kappa shape index (κ3) is 5.31. The van der Waals surface area contributed by atoms with E-state index < -0.39 is 21.9 Å². The Morgan fingerprint density at radius 3 is 2.52 bits per heavy atom. The molecule has 9 nitrogen and oxygen atoms in total. The van der Waals surface area contributed by atoms with Crippen LogP contribution in [-0.4, -0.2) is 73.4 Å². The van der Waals surface area contributed by atoms with Crippen molar-refractivity contribution in [1.29, 1.82) is 5.26 Å². The molecule has 1 saturated carbocycles. The Kier molecular flexibility index (Phi) is 7.34. The second-order valence-corrected chi connectivity index (χ2v) is 13.6. The largest absolute Gasteiger partial charge is 0.394 e. The molecule has 1 atom stereocenters. The number of piperazine rings is 1. The van der Waals surface area contributed by atoms with Crippen LogP contribution in [-0.2, 0) is 10.0 Å². The van der Waals surface area contributed by atoms with Gasteiger partial charge in [-0.1, -0.05) is 11.3 Å². The van der Waals surface area contributed by atoms with E-state index in [1.54, 1.807) is 19.2 Å². The van der Waals surface area contributed by atoms with Crippen molar-refractivity contribution >= 4 is 48.8 Å². The van der Waals surface area contributed by atoms with Crippen molar-refractivity contribution in [2.45, 2.75) is 24.8 Å². The number of anilines is 3. The van der Waals surface area contributed by atoms with Crippen molar-refractivity contribution in [2.75, 3.05) is 49.3 Å². The van der Waals surface area contributed by atoms with Crippen LogP contribution in [0.25, 0.3) is 22.2 Å². The minimum atomic E-state index is -3.44. The van der Waals surface area contributed by atoms with Gasteiger partial charge in [0.15, 0.2) is 10.9 Å². The number of hydrogen-bond acceptors (Lipinski definition) is 9. The van der Waals surface area contributed by atoms with E-state index >= 15 is 4.39 Å². The molecule has 0 spiro atoms. The molecule has 0 bridgehead atoms. The van der Waals surface area contributed by atoms with Gasteiger partial charge in [-0.25, -0.2) is 27.2 Å². The van der Waals surface area contributed by atoms with Crippen LogP contribution in [0.5, 0.6) is 0 Å². The van der Waals surface area contributed by atoms with Crippen LogP contribution in [0.3, 0.4) is 0 Å². The van der Waals surface area contributed by atoms with E-state index in [-0.39, 0.29) is 43.5 Å². The van der Waals surface area contributed by atoms with Crippen molar-refractivity contribution in [1.82, 2.24) is 14.3 Å². The number of halogens is 2. The summed E-state index contributed by atoms with van der Waals surface area (Å²) in [7, 11) is -1.64. The van der Waals surface area contributed by atoms with Crippen molar-refractivity contribution in [3.8, 4) is 17.3 Å². The van der Waals surface area contributed by atoms with Crippen LogP contribution in [0, 0.1) is 23.0 Å². The van der Waals surface area contributed by atoms with Gasteiger partial charge in [0, 0.05) is 54.9 Å². The summed E-state index contributed by atoms with van der Waals surface area (Å²) in [5.41, 5.74) is 3.19. The van der Waals surface area contributed by atoms with Crippen molar-refractivity contribution < 1.29 is 22.3 Å². The fourth-order valence-corrected chi connectivity index (χ4v) is 7.08. The number of hydrogen-bond donors (Lipinski definition) is 1. The number of sulfonamides is 1. The van der Waals surface area contributed by atoms with Crippen LogP contribution in [0.2, 0.25) is 0 Å². The number of nitriles is 1. The minimum absolute atomic E-state index is 0.0861. The number of aromatic nitrogens is 2. The highest BCUT2D eigenvalue weighted by Gasteiger charge is 2.33. The lowest BCUT2D eigenvalue weighted by molar-refractivity contribution is 0.218. The van der Waals surface area contributed by atoms with Crippen LogP contribution in [0.1, 0.15) is 29.3 Å². The lowest BCUT2D eigenvalue weighted by Crippen LogP contribution is -2.56. The Morgan fingerprint density at radius 1 is 1.14 bits per heavy atom. The number of nitrogens with zero attached hydrogens (tertiary/aromatic N) is 6. The molecule has 1 aliphatic heterocycles. The van der Waals surface area contributed by atoms with E-state index in [2.05, 4.69) is 11.1 Å². The molecule has 2 aromatic heterocycles. The molecular weight excluding hydrogens is 582 g/mol. The molecule has 1 unspecified atom stereocenters. The summed E-state index contributed by atoms with van der Waals surface area (Å²) in [5.74, 6) is -0.672. The second kappa shape index (κ2) is 10.9. The van der Waals surface area contributed by atoms with E-state index in [0.717, 1.165) is 24.8 Å². The molecule has 0 radical (unpaired) electrons. The first-order valence-electron chi connectivity index (χ1n) is 13.4. The van der Waals surface area contributed by atoms with Crippen LogP contribution in [0.4, 0.5) is 25.3 Å². The third-order valence-corrected chi connectivity index (χ3v) is 10.1. The average Bonchev–Trinajstić information content (AvgIpc) is 3.74. The lowest BCUT2D eigenvalue weighted by atomic mass is 10.1. The Bertz CT molecular complexity index is 1820. The molecule has 1 aliphatic carbocycles. The maximum Gasteiger partial charge on any atom is 0.211 e. The van der Waals surface area contributed by atoms with Gasteiger partial charge in [0.1, 0.15) is 28.0 Å². The van der Waals surface area contributed by atoms with Gasteiger partial charge >= 0.3 is 0 Å². The molecule has 13 heteroatoms. The highest BCUT2D eigenvalue weighted by molar-refractivity contribution is 7.88. The summed E-state index contributed by atoms with van der Waals surface area (Å²) in [6.07, 6.45) is 3.07. The molecule has 1 N–H and O–H groups in total. The maximum absolute atomic E-state index is 15.8. The smallest absolute Gasteiger partial charge is 0.211 e. The molecular formula is C29H28F2N6O3S2. The van der Waals surface area contributed by atoms with Crippen LogP contribution in [0.15, 0.2) is 42.5 Å². The zero-order valence-corrected chi connectivity index (χ0v) is 24.6. The predicted molar refractivity (Wildman–Crippen MR) is 159 cm³/mol. The van der Waals surface area contributed by atoms with Crippen molar-refractivity contribution in [3.63, 3.8) is 0 Å². The maximum atomic E-state index is 15.8. The summed E-state index contributed by atoms with van der Waals surface area (Å²) in [6.45, 7) is 0.270. The second-order valence-electron chi connectivity index (χ2n) is 10.7. The fraction of sp³-hybridized carbons (Fsp3) is 0.345. The summed E-state index contributed by atoms with van der Waals surface area (Å²) in [6, 6.07) is 12.5. The van der Waals surface area contributed by atoms with Gasteiger partial charge in [-0.15, -0.1) is 0 Å². The number of pyridine rings is 1. The zero-order valence-electron chi connectivity index (χ0n) is 23.0. The van der Waals surface area contributed by atoms with E-state index in [4.69, 9.17) is 4.98 Å². The fourth-order valence-electron chi connectivity index (χ4n) is 5.36. The molecule has 4 aromatic rings. The topological polar surface area (TPSA) is 114 Å². The first kappa shape index (κ1) is 28.4. The molecule has 1 saturated heterocycles. The highest BCUT2D eigenvalue weighted by Crippen LogP contribution is 2.44. The number of aliphatic hydroxyl groups excluding tert-OH is 1. The molecule has 0 amide bonds. The molecule has 6 rings (SSSR count). The Balaban J connectivity index is 1.45. The SMILES string of the molecule is CN(c1nc(-c2ccc(F)cc2)c(C#N)s1)c1cc(C2CC2)nc2c(F)cc(N3CCN(S(C)(=O)=O)CC3CO)cc12. The Hall–Kier alpha value is -3.70. The van der Waals surface area contributed by atoms with E-state index in [1.165, 1.54) is 33.8 Å². The van der Waals surface area contributed by atoms with Crippen molar-refractivity contribution in [2.24, 2.45) is 0 Å². The molecule has 42 heavy (non-hydrogen) atoms. The van der Waals surface area contributed by atoms with E-state index in [1.807, 2.05) is 21.9 Å². The number of rotatable bonds is 7. The number of benzene rings is 2. The molecule has 2 aliphatic rings. The van der Waals surface area contributed by atoms with Gasteiger partial charge in [0.2, 0.25) is 10.0 Å². The number of fused-ring (bicyclic) bond motifs is 1. The van der Waals surface area contributed by atoms with Gasteiger partial charge in [-0.05, 0) is 55.3 Å². The highest BCUT2D eigenvalue weighted by atomic mass is 32.2. The summed E-state index contributed by atoms with van der Waals surface area (Å²) >= 11 is 1.18. The van der Waals surface area contributed by atoms with Crippen molar-refractivity contribution in [3.05, 3.63) is 64.7 Å². The van der Waals surface area contributed by atoms with Crippen LogP contribution >= 0.6 is 11.3 Å². The van der Waals surface area contributed by atoms with Crippen LogP contribution < -0.4 is 9.80 Å². The molecule has 218 valence electrons. The molecule has 2 aromatic carbocycles. The standard InChI is InChI=1S/C29H28F2N6O3S2/c1-35(29-34-27(26(14-32)41-29)18-5-7-19(30)8-6-18)25-13-24(17-3-4-17)33-28-22(25)11-20(12-23(28)31)37-10-9-36(42(2,39)40)15-21(37)16-38/h5-8,11-13,17,21,38H,3-4,9-10,15-16H2,1-2H3. The van der Waals surface area contributed by atoms with Gasteiger partial charge < -0.3 is 14.9 Å². The van der Waals surface area contributed by atoms with Gasteiger partial charge in [0.05, 0.1) is 24.6 Å². The summed E-state index contributed by atoms with van der Waals surface area (Å²) < 4.78 is 54.9. The first-order chi connectivity index (χ1) is 20.1. The lowest BCUT2D eigenvalue weighted by Gasteiger charge is -2.41. The summed E-state index contributed by atoms with van der Waals surface area (Å²) in [4.78, 5) is 13.4. The Labute approximate surface area is 246 Å². The zero-order chi connectivity index (χ0) is 29.8. The minimum Gasteiger partial charge on any atom is -0.394 e. The molecule has 3 heterocycles. The average molecular weight is 611 g/mol. The first-order valence-corrected chi connectivity index (χ1v) is 16.1. The number of thiazole rings is 1. The predicted octanol–water partition coefficient (Wildman–Crippen LogP) is 4.60. The summed E-state index contributed by atoms with van der Waals surface area (Å²) in [5, 5.41) is 21.0. The van der Waals surface area contributed by atoms with Gasteiger partial charge in [-0.2, -0.15) is 9.57 Å². The quantitative estimate of drug-likeness (QED) is 0.323. The number of aliphatic hydroxyl groups is 1. The molecule has 2 fully saturated rings. The van der Waals surface area contributed by atoms with E-state index in [0.29, 0.717) is 38.0 Å². The Morgan fingerprint density at radius 2 is 1.88 bits per heavy atom. The van der Waals surface area contributed by atoms with E-state index in [9.17, 15) is 23.2 Å². The monoisotopic (exact) mass is 610 g/mol.